The zero-order valence-electron chi connectivity index (χ0n) is 17.3. The highest BCUT2D eigenvalue weighted by Crippen LogP contribution is 2.42. The molecule has 0 aliphatic carbocycles. The topological polar surface area (TPSA) is 118 Å². The van der Waals surface area contributed by atoms with Gasteiger partial charge in [0.2, 0.25) is 5.78 Å². The number of ketones is 1. The molecule has 0 amide bonds. The van der Waals surface area contributed by atoms with E-state index in [0.29, 0.717) is 5.75 Å². The largest absolute Gasteiger partial charge is 0.524 e. The average Bonchev–Trinajstić information content (AvgIpc) is 3.30. The molecule has 166 valence electrons. The molecule has 0 saturated carbocycles. The third-order valence-corrected chi connectivity index (χ3v) is 5.70. The summed E-state index contributed by atoms with van der Waals surface area (Å²) in [6.07, 6.45) is 1.66. The van der Waals surface area contributed by atoms with Crippen LogP contribution in [0.4, 0.5) is 0 Å². The number of rotatable bonds is 5. The van der Waals surface area contributed by atoms with Crippen LogP contribution in [0.25, 0.3) is 28.2 Å². The van der Waals surface area contributed by atoms with Gasteiger partial charge in [0.25, 0.3) is 0 Å². The molecule has 0 fully saturated rings. The van der Waals surface area contributed by atoms with Crippen LogP contribution in [0.15, 0.2) is 72.5 Å². The normalized spacial score (nSPS) is 14.4. The Morgan fingerprint density at radius 1 is 1.00 bits per heavy atom. The molecule has 8 nitrogen and oxygen atoms in total. The number of H-pyrrole nitrogens is 1. The number of phosphoric acid groups is 1. The monoisotopic (exact) mass is 463 g/mol. The van der Waals surface area contributed by atoms with E-state index in [0.717, 1.165) is 27.7 Å². The third kappa shape index (κ3) is 4.03. The van der Waals surface area contributed by atoms with Gasteiger partial charge in [-0.1, -0.05) is 30.3 Å². The highest BCUT2D eigenvalue weighted by Gasteiger charge is 2.29. The van der Waals surface area contributed by atoms with E-state index in [1.807, 2.05) is 48.5 Å². The summed E-state index contributed by atoms with van der Waals surface area (Å²) in [6, 6.07) is 19.3. The molecule has 2 heterocycles. The van der Waals surface area contributed by atoms with Crippen molar-refractivity contribution in [1.29, 1.82) is 0 Å². The molecule has 3 aromatic carbocycles. The maximum Gasteiger partial charge on any atom is 0.524 e. The third-order valence-electron chi connectivity index (χ3n) is 5.25. The minimum atomic E-state index is -4.74. The van der Waals surface area contributed by atoms with E-state index in [1.54, 1.807) is 13.2 Å². The number of aromatic amines is 1. The zero-order valence-corrected chi connectivity index (χ0v) is 18.2. The van der Waals surface area contributed by atoms with Gasteiger partial charge in [-0.15, -0.1) is 0 Å². The number of aromatic nitrogens is 1. The summed E-state index contributed by atoms with van der Waals surface area (Å²) in [7, 11) is -3.15. The quantitative estimate of drug-likeness (QED) is 0.284. The first-order chi connectivity index (χ1) is 15.8. The number of fused-ring (bicyclic) bond motifs is 2. The molecular formula is C24H18NO7P. The molecule has 0 spiro atoms. The number of nitrogens with one attached hydrogen (secondary N) is 1. The first-order valence-corrected chi connectivity index (χ1v) is 11.4. The maximum absolute atomic E-state index is 13.0. The van der Waals surface area contributed by atoms with E-state index >= 15 is 0 Å². The van der Waals surface area contributed by atoms with E-state index in [1.165, 1.54) is 18.2 Å². The van der Waals surface area contributed by atoms with Crippen LogP contribution in [0, 0.1) is 0 Å². The van der Waals surface area contributed by atoms with Crippen molar-refractivity contribution in [2.75, 3.05) is 7.11 Å². The first kappa shape index (κ1) is 21.0. The fourth-order valence-electron chi connectivity index (χ4n) is 3.79. The summed E-state index contributed by atoms with van der Waals surface area (Å²) < 4.78 is 26.9. The Hall–Kier alpha value is -3.84. The number of allylic oxidation sites excluding steroid dienone is 1. The lowest BCUT2D eigenvalue weighted by Gasteiger charge is -2.07. The minimum absolute atomic E-state index is 0.0826. The Morgan fingerprint density at radius 2 is 1.76 bits per heavy atom. The van der Waals surface area contributed by atoms with Crippen molar-refractivity contribution in [1.82, 2.24) is 4.98 Å². The van der Waals surface area contributed by atoms with Crippen LogP contribution in [0.2, 0.25) is 0 Å². The van der Waals surface area contributed by atoms with Crippen LogP contribution < -0.4 is 14.0 Å². The fraction of sp³-hybridized carbons (Fsp3) is 0.0417. The van der Waals surface area contributed by atoms with Gasteiger partial charge >= 0.3 is 7.82 Å². The summed E-state index contributed by atoms with van der Waals surface area (Å²) >= 11 is 0. The van der Waals surface area contributed by atoms with E-state index in [-0.39, 0.29) is 28.6 Å². The molecule has 0 atom stereocenters. The number of phosphoric ester groups is 1. The molecule has 1 aromatic heterocycles. The number of hydrogen-bond acceptors (Lipinski definition) is 5. The molecule has 1 aliphatic heterocycles. The number of benzene rings is 3. The van der Waals surface area contributed by atoms with Crippen LogP contribution in [-0.2, 0) is 4.57 Å². The number of methoxy groups -OCH3 is 1. The smallest absolute Gasteiger partial charge is 0.497 e. The van der Waals surface area contributed by atoms with Crippen LogP contribution in [0.3, 0.4) is 0 Å². The SMILES string of the molecule is COc1ccc2[nH]c(-c3ccccc3)c(/C=C3/Oc4cc(OP(=O)(O)O)ccc4C3=O)c2c1. The van der Waals surface area contributed by atoms with Crippen molar-refractivity contribution in [3.05, 3.63) is 83.6 Å². The fourth-order valence-corrected chi connectivity index (χ4v) is 4.18. The van der Waals surface area contributed by atoms with Crippen LogP contribution >= 0.6 is 7.82 Å². The van der Waals surface area contributed by atoms with Gasteiger partial charge in [-0.2, -0.15) is 0 Å². The number of carbonyl (C=O) groups excluding carboxylic acids is 1. The molecule has 0 unspecified atom stereocenters. The number of ether oxygens (including phenoxy) is 2. The number of hydrogen-bond donors (Lipinski definition) is 3. The van der Waals surface area contributed by atoms with Crippen LogP contribution in [0.1, 0.15) is 15.9 Å². The van der Waals surface area contributed by atoms with Gasteiger partial charge in [-0.3, -0.25) is 14.6 Å². The van der Waals surface area contributed by atoms with Crippen LogP contribution in [-0.4, -0.2) is 27.7 Å². The minimum Gasteiger partial charge on any atom is -0.497 e. The van der Waals surface area contributed by atoms with Crippen molar-refractivity contribution >= 4 is 30.6 Å². The number of Topliss-reactive ketones (excluding diaryl/α,β-unsaturated/α-hetero) is 1. The molecule has 0 bridgehead atoms. The van der Waals surface area contributed by atoms with E-state index in [2.05, 4.69) is 9.51 Å². The van der Waals surface area contributed by atoms with Gasteiger partial charge in [0, 0.05) is 22.5 Å². The molecule has 0 radical (unpaired) electrons. The Bertz CT molecular complexity index is 1470. The Balaban J connectivity index is 1.62. The van der Waals surface area contributed by atoms with Crippen LogP contribution in [0.5, 0.6) is 17.2 Å². The van der Waals surface area contributed by atoms with Crippen molar-refractivity contribution in [3.63, 3.8) is 0 Å². The second-order valence-electron chi connectivity index (χ2n) is 7.37. The molecular weight excluding hydrogens is 445 g/mol. The average molecular weight is 463 g/mol. The van der Waals surface area contributed by atoms with Gasteiger partial charge in [0.1, 0.15) is 17.2 Å². The lowest BCUT2D eigenvalue weighted by molar-refractivity contribution is 0.101. The molecule has 9 heteroatoms. The predicted octanol–water partition coefficient (Wildman–Crippen LogP) is 4.93. The van der Waals surface area contributed by atoms with E-state index in [4.69, 9.17) is 19.3 Å². The standard InChI is InChI=1S/C24H18NO7P/c1-30-15-8-10-20-18(11-15)19(23(25-20)14-5-3-2-4-6-14)13-22-24(26)17-9-7-16(12-21(17)31-22)32-33(27,28)29/h2-13,25H,1H3,(H2,27,28,29)/b22-13+. The summed E-state index contributed by atoms with van der Waals surface area (Å²) in [5, 5.41) is 0.846. The Morgan fingerprint density at radius 3 is 2.48 bits per heavy atom. The summed E-state index contributed by atoms with van der Waals surface area (Å²) in [6.45, 7) is 0. The Labute approximate surface area is 188 Å². The van der Waals surface area contributed by atoms with E-state index < -0.39 is 7.82 Å². The van der Waals surface area contributed by atoms with Gasteiger partial charge in [0.15, 0.2) is 5.76 Å². The van der Waals surface area contributed by atoms with Gasteiger partial charge in [-0.05, 0) is 42.0 Å². The maximum atomic E-state index is 13.0. The van der Waals surface area contributed by atoms with Gasteiger partial charge < -0.3 is 19.0 Å². The first-order valence-electron chi connectivity index (χ1n) is 9.91. The van der Waals surface area contributed by atoms with Crippen molar-refractivity contribution in [3.8, 4) is 28.5 Å². The molecule has 5 rings (SSSR count). The molecule has 1 aliphatic rings. The number of carbonyl (C=O) groups is 1. The van der Waals surface area contributed by atoms with Gasteiger partial charge in [0.05, 0.1) is 18.4 Å². The second-order valence-corrected chi connectivity index (χ2v) is 8.53. The van der Waals surface area contributed by atoms with Crippen molar-refractivity contribution in [2.45, 2.75) is 0 Å². The molecule has 3 N–H and O–H groups in total. The summed E-state index contributed by atoms with van der Waals surface area (Å²) in [5.74, 6) is 0.471. The van der Waals surface area contributed by atoms with Gasteiger partial charge in [-0.25, -0.2) is 4.57 Å². The zero-order chi connectivity index (χ0) is 23.2. The van der Waals surface area contributed by atoms with Crippen molar-refractivity contribution in [2.24, 2.45) is 0 Å². The van der Waals surface area contributed by atoms with Crippen molar-refractivity contribution < 1.29 is 33.1 Å². The van der Waals surface area contributed by atoms with E-state index in [9.17, 15) is 9.36 Å². The highest BCUT2D eigenvalue weighted by molar-refractivity contribution is 7.46. The highest BCUT2D eigenvalue weighted by atomic mass is 31.2. The lowest BCUT2D eigenvalue weighted by Crippen LogP contribution is -1.98. The summed E-state index contributed by atoms with van der Waals surface area (Å²) in [5.41, 5.74) is 3.63. The summed E-state index contributed by atoms with van der Waals surface area (Å²) in [4.78, 5) is 34.5. The molecule has 33 heavy (non-hydrogen) atoms. The lowest BCUT2D eigenvalue weighted by atomic mass is 10.0. The molecule has 4 aromatic rings. The molecule has 0 saturated heterocycles. The second kappa shape index (κ2) is 7.94. The predicted molar refractivity (Wildman–Crippen MR) is 122 cm³/mol. The Kier molecular flexibility index (Phi) is 5.06.